The van der Waals surface area contributed by atoms with Crippen molar-refractivity contribution in [1.29, 1.82) is 0 Å². The number of nitrogens with zero attached hydrogens (tertiary/aromatic N) is 3. The van der Waals surface area contributed by atoms with Crippen LogP contribution in [-0.4, -0.2) is 53.1 Å². The van der Waals surface area contributed by atoms with Gasteiger partial charge in [0.25, 0.3) is 11.5 Å². The van der Waals surface area contributed by atoms with Crippen LogP contribution in [0.3, 0.4) is 0 Å². The van der Waals surface area contributed by atoms with Gasteiger partial charge in [0.15, 0.2) is 0 Å². The molecule has 0 aliphatic carbocycles. The van der Waals surface area contributed by atoms with Crippen LogP contribution in [0, 0.1) is 18.8 Å². The molecular weight excluding hydrogens is 466 g/mol. The summed E-state index contributed by atoms with van der Waals surface area (Å²) < 4.78 is 12.4. The summed E-state index contributed by atoms with van der Waals surface area (Å²) in [4.78, 5) is 45.3. The number of methoxy groups -OCH3 is 1. The summed E-state index contributed by atoms with van der Waals surface area (Å²) in [5, 5.41) is 0. The summed E-state index contributed by atoms with van der Waals surface area (Å²) in [6.07, 6.45) is 0.904. The van der Waals surface area contributed by atoms with Gasteiger partial charge in [0.1, 0.15) is 11.3 Å². The van der Waals surface area contributed by atoms with Crippen molar-refractivity contribution >= 4 is 23.2 Å². The minimum atomic E-state index is -0.582. The lowest BCUT2D eigenvalue weighted by atomic mass is 10.1. The molecule has 0 saturated heterocycles. The average Bonchev–Trinajstić information content (AvgIpc) is 3.14. The van der Waals surface area contributed by atoms with Gasteiger partial charge in [-0.15, -0.1) is 11.3 Å². The minimum Gasteiger partial charge on any atom is -0.492 e. The van der Waals surface area contributed by atoms with Crippen LogP contribution in [0.5, 0.6) is 5.75 Å². The predicted molar refractivity (Wildman–Crippen MR) is 132 cm³/mol. The van der Waals surface area contributed by atoms with Gasteiger partial charge in [0.05, 0.1) is 24.9 Å². The number of hydrogen-bond acceptors (Lipinski definition) is 7. The monoisotopic (exact) mass is 491 g/mol. The van der Waals surface area contributed by atoms with Crippen LogP contribution in [0.25, 0.3) is 0 Å². The molecule has 4 rings (SSSR count). The van der Waals surface area contributed by atoms with Crippen molar-refractivity contribution < 1.29 is 19.1 Å². The molecule has 0 radical (unpaired) electrons. The highest BCUT2D eigenvalue weighted by molar-refractivity contribution is 7.09. The third-order valence-corrected chi connectivity index (χ3v) is 6.78. The van der Waals surface area contributed by atoms with Crippen molar-refractivity contribution in [3.63, 3.8) is 0 Å². The van der Waals surface area contributed by atoms with E-state index in [1.807, 2.05) is 37.3 Å². The van der Waals surface area contributed by atoms with Gasteiger partial charge in [-0.2, -0.15) is 0 Å². The quantitative estimate of drug-likeness (QED) is 0.402. The van der Waals surface area contributed by atoms with Crippen LogP contribution in [0.1, 0.15) is 32.2 Å². The number of rotatable bonds is 5. The summed E-state index contributed by atoms with van der Waals surface area (Å²) >= 11 is 1.54. The summed E-state index contributed by atoms with van der Waals surface area (Å²) in [7, 11) is 1.29. The van der Waals surface area contributed by atoms with Gasteiger partial charge in [-0.1, -0.05) is 24.1 Å². The third kappa shape index (κ3) is 5.61. The Labute approximate surface area is 207 Å². The van der Waals surface area contributed by atoms with Crippen LogP contribution < -0.4 is 10.3 Å². The molecule has 1 aliphatic heterocycles. The Morgan fingerprint density at radius 3 is 2.69 bits per heavy atom. The Kier molecular flexibility index (Phi) is 7.63. The lowest BCUT2D eigenvalue weighted by molar-refractivity contribution is -0.125. The zero-order valence-corrected chi connectivity index (χ0v) is 20.4. The van der Waals surface area contributed by atoms with Gasteiger partial charge in [-0.05, 0) is 19.1 Å². The number of pyridine rings is 1. The van der Waals surface area contributed by atoms with Crippen molar-refractivity contribution in [2.45, 2.75) is 26.3 Å². The Morgan fingerprint density at radius 1 is 1.17 bits per heavy atom. The maximum atomic E-state index is 12.9. The van der Waals surface area contributed by atoms with E-state index in [0.29, 0.717) is 31.6 Å². The van der Waals surface area contributed by atoms with Crippen LogP contribution in [0.15, 0.2) is 46.7 Å². The molecule has 1 aliphatic rings. The molecule has 35 heavy (non-hydrogen) atoms. The summed E-state index contributed by atoms with van der Waals surface area (Å²) in [6, 6.07) is 10.6. The second kappa shape index (κ2) is 11.0. The van der Waals surface area contributed by atoms with Crippen molar-refractivity contribution in [2.75, 3.05) is 26.8 Å². The first-order valence-electron chi connectivity index (χ1n) is 11.2. The molecule has 8 nitrogen and oxygen atoms in total. The highest BCUT2D eigenvalue weighted by atomic mass is 32.1. The minimum absolute atomic E-state index is 0.193. The fourth-order valence-electron chi connectivity index (χ4n) is 3.93. The maximum Gasteiger partial charge on any atom is 0.343 e. The van der Waals surface area contributed by atoms with E-state index in [1.54, 1.807) is 10.4 Å². The van der Waals surface area contributed by atoms with E-state index in [9.17, 15) is 14.4 Å². The first-order valence-corrected chi connectivity index (χ1v) is 12.1. The zero-order chi connectivity index (χ0) is 24.8. The Bertz CT molecular complexity index is 1350. The number of amides is 1. The number of esters is 1. The van der Waals surface area contributed by atoms with Crippen LogP contribution in [0.2, 0.25) is 0 Å². The Hall–Kier alpha value is -3.90. The van der Waals surface area contributed by atoms with Crippen molar-refractivity contribution in [2.24, 2.45) is 0 Å². The average molecular weight is 492 g/mol. The lowest BCUT2D eigenvalue weighted by Gasteiger charge is -2.17. The number of fused-ring (bicyclic) bond motifs is 1. The van der Waals surface area contributed by atoms with Crippen molar-refractivity contribution in [1.82, 2.24) is 14.5 Å². The van der Waals surface area contributed by atoms with Gasteiger partial charge >= 0.3 is 5.97 Å². The van der Waals surface area contributed by atoms with Crippen LogP contribution in [0.4, 0.5) is 0 Å². The fourth-order valence-corrected chi connectivity index (χ4v) is 4.70. The molecule has 0 bridgehead atoms. The van der Waals surface area contributed by atoms with E-state index in [0.717, 1.165) is 16.1 Å². The number of benzene rings is 1. The molecule has 1 aromatic carbocycles. The van der Waals surface area contributed by atoms with Gasteiger partial charge in [0, 0.05) is 60.6 Å². The van der Waals surface area contributed by atoms with E-state index in [-0.39, 0.29) is 35.9 Å². The number of ether oxygens (including phenoxy) is 2. The summed E-state index contributed by atoms with van der Waals surface area (Å²) in [5.74, 6) is 4.83. The summed E-state index contributed by atoms with van der Waals surface area (Å²) in [5.41, 5.74) is 3.89. The van der Waals surface area contributed by atoms with Crippen LogP contribution >= 0.6 is 11.3 Å². The van der Waals surface area contributed by atoms with Crippen molar-refractivity contribution in [3.8, 4) is 17.6 Å². The molecule has 1 amide bonds. The number of aryl methyl sites for hydroxylation is 1. The van der Waals surface area contributed by atoms with E-state index in [1.165, 1.54) is 29.1 Å². The van der Waals surface area contributed by atoms with E-state index in [4.69, 9.17) is 9.47 Å². The Balaban J connectivity index is 1.55. The van der Waals surface area contributed by atoms with Crippen LogP contribution in [-0.2, 0) is 28.9 Å². The van der Waals surface area contributed by atoms with E-state index < -0.39 is 5.97 Å². The molecule has 2 aromatic heterocycles. The summed E-state index contributed by atoms with van der Waals surface area (Å²) in [6.45, 7) is 3.08. The smallest absolute Gasteiger partial charge is 0.343 e. The van der Waals surface area contributed by atoms with Gasteiger partial charge in [-0.25, -0.2) is 9.78 Å². The molecule has 180 valence electrons. The highest BCUT2D eigenvalue weighted by Gasteiger charge is 2.27. The highest BCUT2D eigenvalue weighted by Crippen LogP contribution is 2.25. The van der Waals surface area contributed by atoms with Gasteiger partial charge < -0.3 is 18.9 Å². The Morgan fingerprint density at radius 2 is 1.97 bits per heavy atom. The molecule has 3 heterocycles. The largest absolute Gasteiger partial charge is 0.492 e. The second-order valence-corrected chi connectivity index (χ2v) is 8.87. The predicted octanol–water partition coefficient (Wildman–Crippen LogP) is 2.46. The molecule has 9 heteroatoms. The van der Waals surface area contributed by atoms with E-state index >= 15 is 0 Å². The lowest BCUT2D eigenvalue weighted by Crippen LogP contribution is -2.33. The fraction of sp³-hybridized carbons (Fsp3) is 0.308. The molecular formula is C26H25N3O5S. The second-order valence-electron chi connectivity index (χ2n) is 7.93. The standard InChI is InChI=1S/C26H25N3O5S/c1-18-22(35-17-27-18)11-15-34-21-16-24(31)29-14-13-28(12-10-20(29)25(21)26(32)33-2)23(30)9-8-19-6-4-3-5-7-19/h3-7,16-17H,10-15H2,1-2H3. The molecule has 0 fully saturated rings. The molecule has 0 unspecified atom stereocenters. The topological polar surface area (TPSA) is 90.7 Å². The van der Waals surface area contributed by atoms with Gasteiger partial charge in [0.2, 0.25) is 0 Å². The molecule has 0 N–H and O–H groups in total. The first kappa shape index (κ1) is 24.2. The maximum absolute atomic E-state index is 12.9. The zero-order valence-electron chi connectivity index (χ0n) is 19.6. The normalized spacial score (nSPS) is 12.7. The number of hydrogen-bond donors (Lipinski definition) is 0. The first-order chi connectivity index (χ1) is 17.0. The van der Waals surface area contributed by atoms with Gasteiger partial charge in [-0.3, -0.25) is 9.59 Å². The number of carbonyl (C=O) groups excluding carboxylic acids is 2. The number of carbonyl (C=O) groups is 2. The SMILES string of the molecule is COC(=O)c1c(OCCc2scnc2C)cc(=O)n2c1CCN(C(=O)C#Cc1ccccc1)CC2. The number of aromatic nitrogens is 2. The van der Waals surface area contributed by atoms with Crippen molar-refractivity contribution in [3.05, 3.63) is 79.7 Å². The third-order valence-electron chi connectivity index (χ3n) is 5.79. The molecule has 3 aromatic rings. The molecule has 0 atom stereocenters. The molecule has 0 spiro atoms. The van der Waals surface area contributed by atoms with E-state index in [2.05, 4.69) is 16.8 Å². The number of thiazole rings is 1. The molecule has 0 saturated carbocycles.